The minimum atomic E-state index is 1.07. The van der Waals surface area contributed by atoms with E-state index < -0.39 is 0 Å². The molecule has 0 aliphatic carbocycles. The van der Waals surface area contributed by atoms with Gasteiger partial charge in [0.05, 0.1) is 0 Å². The Labute approximate surface area is 83.9 Å². The molecule has 0 saturated carbocycles. The van der Waals surface area contributed by atoms with Gasteiger partial charge in [-0.2, -0.15) is 11.3 Å². The van der Waals surface area contributed by atoms with Gasteiger partial charge in [0.2, 0.25) is 0 Å². The van der Waals surface area contributed by atoms with Crippen molar-refractivity contribution in [2.45, 2.75) is 13.3 Å². The molecule has 0 fully saturated rings. The summed E-state index contributed by atoms with van der Waals surface area (Å²) in [6.07, 6.45) is 9.27. The first-order valence-corrected chi connectivity index (χ1v) is 5.34. The molecule has 0 aliphatic rings. The van der Waals surface area contributed by atoms with E-state index in [4.69, 9.17) is 0 Å². The summed E-state index contributed by atoms with van der Waals surface area (Å²) in [5, 5.41) is 4.21. The topological polar surface area (TPSA) is 0 Å². The van der Waals surface area contributed by atoms with Gasteiger partial charge in [-0.05, 0) is 34.4 Å². The zero-order valence-corrected chi connectivity index (χ0v) is 8.68. The number of hydrogen-bond donors (Lipinski definition) is 0. The molecule has 1 aromatic heterocycles. The van der Waals surface area contributed by atoms with Gasteiger partial charge in [0.1, 0.15) is 0 Å². The lowest BCUT2D eigenvalue weighted by molar-refractivity contribution is 1.22. The molecule has 0 aromatic carbocycles. The molecule has 1 heterocycles. The highest BCUT2D eigenvalue weighted by atomic mass is 32.1. The summed E-state index contributed by atoms with van der Waals surface area (Å²) in [5.74, 6) is 0. The van der Waals surface area contributed by atoms with E-state index in [0.717, 1.165) is 6.42 Å². The molecule has 0 atom stereocenters. The van der Waals surface area contributed by atoms with Crippen LogP contribution in [0.1, 0.15) is 18.9 Å². The van der Waals surface area contributed by atoms with Gasteiger partial charge >= 0.3 is 0 Å². The van der Waals surface area contributed by atoms with Crippen LogP contribution in [0.25, 0.3) is 5.57 Å². The summed E-state index contributed by atoms with van der Waals surface area (Å²) in [6, 6.07) is 2.11. The lowest BCUT2D eigenvalue weighted by Crippen LogP contribution is -1.72. The fraction of sp³-hybridized carbons (Fsp3) is 0.167. The molecular weight excluding hydrogens is 176 g/mol. The van der Waals surface area contributed by atoms with Crippen LogP contribution in [0.4, 0.5) is 0 Å². The Bertz CT molecular complexity index is 302. The minimum Gasteiger partial charge on any atom is -0.152 e. The first-order chi connectivity index (χ1) is 6.38. The van der Waals surface area contributed by atoms with E-state index in [2.05, 4.69) is 48.6 Å². The van der Waals surface area contributed by atoms with Crippen molar-refractivity contribution >= 4 is 16.9 Å². The predicted molar refractivity (Wildman–Crippen MR) is 61.9 cm³/mol. The summed E-state index contributed by atoms with van der Waals surface area (Å²) in [7, 11) is 0. The van der Waals surface area contributed by atoms with Gasteiger partial charge in [-0.3, -0.25) is 0 Å². The number of hydrogen-bond acceptors (Lipinski definition) is 1. The maximum Gasteiger partial charge on any atom is -0.00147 e. The Morgan fingerprint density at radius 3 is 3.00 bits per heavy atom. The van der Waals surface area contributed by atoms with Gasteiger partial charge in [-0.25, -0.2) is 0 Å². The molecule has 1 aromatic rings. The third kappa shape index (κ3) is 3.03. The average Bonchev–Trinajstić information content (AvgIpc) is 2.65. The largest absolute Gasteiger partial charge is 0.152 e. The summed E-state index contributed by atoms with van der Waals surface area (Å²) >= 11 is 1.71. The summed E-state index contributed by atoms with van der Waals surface area (Å²) in [6.45, 7) is 5.93. The first kappa shape index (κ1) is 10.0. The molecule has 68 valence electrons. The van der Waals surface area contributed by atoms with Crippen LogP contribution in [-0.4, -0.2) is 0 Å². The lowest BCUT2D eigenvalue weighted by atomic mass is 10.1. The van der Waals surface area contributed by atoms with Crippen molar-refractivity contribution in [2.24, 2.45) is 0 Å². The van der Waals surface area contributed by atoms with Crippen LogP contribution in [0.15, 0.2) is 47.7 Å². The maximum atomic E-state index is 3.80. The quantitative estimate of drug-likeness (QED) is 0.621. The average molecular weight is 190 g/mol. The highest BCUT2D eigenvalue weighted by molar-refractivity contribution is 7.08. The third-order valence-electron chi connectivity index (χ3n) is 1.72. The van der Waals surface area contributed by atoms with E-state index in [1.165, 1.54) is 11.1 Å². The number of rotatable bonds is 4. The molecule has 0 spiro atoms. The van der Waals surface area contributed by atoms with E-state index in [1.54, 1.807) is 11.3 Å². The van der Waals surface area contributed by atoms with Crippen LogP contribution in [0.5, 0.6) is 0 Å². The van der Waals surface area contributed by atoms with Gasteiger partial charge in [-0.15, -0.1) is 0 Å². The van der Waals surface area contributed by atoms with Gasteiger partial charge in [0, 0.05) is 0 Å². The molecular formula is C12H14S. The van der Waals surface area contributed by atoms with E-state index in [9.17, 15) is 0 Å². The molecule has 0 saturated heterocycles. The summed E-state index contributed by atoms with van der Waals surface area (Å²) in [5.41, 5.74) is 2.44. The highest BCUT2D eigenvalue weighted by Gasteiger charge is 1.94. The SMILES string of the molecule is C=C/C(=C\C=C\CC)c1ccsc1. The second kappa shape index (κ2) is 5.55. The standard InChI is InChI=1S/C12H14S/c1-3-5-6-7-11(4-2)12-8-9-13-10-12/h4-10H,2-3H2,1H3/b6-5+,11-7+. The fourth-order valence-electron chi connectivity index (χ4n) is 1.02. The molecule has 1 rings (SSSR count). The van der Waals surface area contributed by atoms with Crippen molar-refractivity contribution in [3.63, 3.8) is 0 Å². The van der Waals surface area contributed by atoms with E-state index >= 15 is 0 Å². The van der Waals surface area contributed by atoms with Crippen LogP contribution >= 0.6 is 11.3 Å². The molecule has 0 amide bonds. The molecule has 0 radical (unpaired) electrons. The van der Waals surface area contributed by atoms with Crippen LogP contribution in [0.3, 0.4) is 0 Å². The first-order valence-electron chi connectivity index (χ1n) is 4.40. The molecule has 0 bridgehead atoms. The molecule has 0 unspecified atom stereocenters. The maximum absolute atomic E-state index is 3.80. The number of thiophene rings is 1. The second-order valence-corrected chi connectivity index (χ2v) is 3.45. The van der Waals surface area contributed by atoms with Crippen LogP contribution in [0, 0.1) is 0 Å². The second-order valence-electron chi connectivity index (χ2n) is 2.67. The van der Waals surface area contributed by atoms with E-state index in [-0.39, 0.29) is 0 Å². The summed E-state index contributed by atoms with van der Waals surface area (Å²) in [4.78, 5) is 0. The predicted octanol–water partition coefficient (Wildman–Crippen LogP) is 4.28. The lowest BCUT2D eigenvalue weighted by Gasteiger charge is -1.94. The van der Waals surface area contributed by atoms with Crippen LogP contribution in [0.2, 0.25) is 0 Å². The fourth-order valence-corrected chi connectivity index (χ4v) is 1.68. The normalized spacial score (nSPS) is 12.2. The smallest absolute Gasteiger partial charge is 0.00147 e. The van der Waals surface area contributed by atoms with Crippen molar-refractivity contribution in [3.8, 4) is 0 Å². The Morgan fingerprint density at radius 1 is 1.62 bits per heavy atom. The monoisotopic (exact) mass is 190 g/mol. The Kier molecular flexibility index (Phi) is 4.27. The number of allylic oxidation sites excluding steroid dienone is 5. The van der Waals surface area contributed by atoms with Crippen molar-refractivity contribution in [3.05, 3.63) is 53.3 Å². The van der Waals surface area contributed by atoms with Crippen LogP contribution in [-0.2, 0) is 0 Å². The van der Waals surface area contributed by atoms with Crippen LogP contribution < -0.4 is 0 Å². The Hall–Kier alpha value is -1.08. The van der Waals surface area contributed by atoms with Crippen molar-refractivity contribution in [1.29, 1.82) is 0 Å². The third-order valence-corrected chi connectivity index (χ3v) is 2.41. The van der Waals surface area contributed by atoms with Gasteiger partial charge in [0.15, 0.2) is 0 Å². The molecule has 0 nitrogen and oxygen atoms in total. The molecule has 0 aliphatic heterocycles. The van der Waals surface area contributed by atoms with Crippen molar-refractivity contribution in [1.82, 2.24) is 0 Å². The molecule has 13 heavy (non-hydrogen) atoms. The summed E-state index contributed by atoms with van der Waals surface area (Å²) < 4.78 is 0. The zero-order valence-electron chi connectivity index (χ0n) is 7.86. The highest BCUT2D eigenvalue weighted by Crippen LogP contribution is 2.18. The van der Waals surface area contributed by atoms with E-state index in [0.29, 0.717) is 0 Å². The zero-order chi connectivity index (χ0) is 9.52. The van der Waals surface area contributed by atoms with Gasteiger partial charge in [-0.1, -0.05) is 37.8 Å². The molecule has 1 heteroatoms. The van der Waals surface area contributed by atoms with Gasteiger partial charge in [0.25, 0.3) is 0 Å². The van der Waals surface area contributed by atoms with Gasteiger partial charge < -0.3 is 0 Å². The Balaban J connectivity index is 2.79. The Morgan fingerprint density at radius 2 is 2.46 bits per heavy atom. The van der Waals surface area contributed by atoms with Crippen molar-refractivity contribution in [2.75, 3.05) is 0 Å². The van der Waals surface area contributed by atoms with E-state index in [1.807, 2.05) is 6.08 Å². The molecule has 0 N–H and O–H groups in total. The minimum absolute atomic E-state index is 1.07. The van der Waals surface area contributed by atoms with Crippen molar-refractivity contribution < 1.29 is 0 Å².